The van der Waals surface area contributed by atoms with Crippen LogP contribution < -0.4 is 5.32 Å². The molecule has 11 nitrogen and oxygen atoms in total. The summed E-state index contributed by atoms with van der Waals surface area (Å²) in [6.45, 7) is 1.57. The van der Waals surface area contributed by atoms with Crippen LogP contribution in [0.15, 0.2) is 53.1 Å². The molecule has 2 N–H and O–H groups in total. The highest BCUT2D eigenvalue weighted by atomic mass is 79.9. The summed E-state index contributed by atoms with van der Waals surface area (Å²) in [6, 6.07) is 12.8. The molecule has 2 fully saturated rings. The van der Waals surface area contributed by atoms with Crippen molar-refractivity contribution in [2.24, 2.45) is 5.92 Å². The molecule has 37 heavy (non-hydrogen) atoms. The van der Waals surface area contributed by atoms with E-state index < -0.39 is 12.3 Å². The molecule has 188 valence electrons. The molecule has 12 heteroatoms. The van der Waals surface area contributed by atoms with Gasteiger partial charge in [0.25, 0.3) is 0 Å². The molecule has 4 aromatic rings. The minimum atomic E-state index is -0.661. The molecule has 1 saturated heterocycles. The minimum absolute atomic E-state index is 0.0538. The van der Waals surface area contributed by atoms with Crippen LogP contribution in [-0.2, 0) is 16.1 Å². The van der Waals surface area contributed by atoms with Crippen molar-refractivity contribution in [2.75, 3.05) is 5.32 Å². The summed E-state index contributed by atoms with van der Waals surface area (Å²) in [4.78, 5) is 40.0. The molecule has 1 saturated carbocycles. The number of fused-ring (bicyclic) bond motifs is 2. The van der Waals surface area contributed by atoms with Crippen LogP contribution in [0.2, 0.25) is 0 Å². The number of ketones is 1. The van der Waals surface area contributed by atoms with Gasteiger partial charge in [0.15, 0.2) is 12.0 Å². The number of para-hydroxylation sites is 1. The van der Waals surface area contributed by atoms with Crippen LogP contribution in [0.4, 0.5) is 10.5 Å². The molecule has 1 aliphatic carbocycles. The molecule has 0 unspecified atom stereocenters. The number of carbonyl (C=O) groups excluding carboxylic acids is 3. The minimum Gasteiger partial charge on any atom is -0.425 e. The number of tetrazole rings is 1. The van der Waals surface area contributed by atoms with Gasteiger partial charge in [-0.25, -0.2) is 4.79 Å². The second-order valence-corrected chi connectivity index (χ2v) is 10.2. The third-order valence-corrected chi connectivity index (χ3v) is 7.27. The van der Waals surface area contributed by atoms with E-state index in [4.69, 9.17) is 4.74 Å². The number of hydrogen-bond acceptors (Lipinski definition) is 7. The Kier molecular flexibility index (Phi) is 5.75. The number of halogens is 1. The van der Waals surface area contributed by atoms with Gasteiger partial charge in [0.05, 0.1) is 0 Å². The smallest absolute Gasteiger partial charge is 0.413 e. The van der Waals surface area contributed by atoms with Gasteiger partial charge in [-0.3, -0.25) is 14.9 Å². The average Bonchev–Trinajstić information content (AvgIpc) is 3.21. The van der Waals surface area contributed by atoms with E-state index >= 15 is 0 Å². The maximum absolute atomic E-state index is 13.4. The number of benzene rings is 2. The number of anilines is 1. The Hall–Kier alpha value is -4.06. The number of rotatable bonds is 6. The third kappa shape index (κ3) is 4.48. The Morgan fingerprint density at radius 3 is 2.81 bits per heavy atom. The Morgan fingerprint density at radius 2 is 2.03 bits per heavy atom. The Bertz CT molecular complexity index is 1530. The molecule has 1 aliphatic heterocycles. The summed E-state index contributed by atoms with van der Waals surface area (Å²) in [7, 11) is 0. The first-order valence-corrected chi connectivity index (χ1v) is 12.6. The van der Waals surface area contributed by atoms with Crippen LogP contribution in [0.5, 0.6) is 0 Å². The number of ether oxygens (including phenoxy) is 1. The topological polar surface area (TPSA) is 135 Å². The summed E-state index contributed by atoms with van der Waals surface area (Å²) in [6.07, 6.45) is 1.91. The number of nitrogens with one attached hydrogen (secondary N) is 2. The normalized spacial score (nSPS) is 20.1. The van der Waals surface area contributed by atoms with Crippen molar-refractivity contribution < 1.29 is 19.1 Å². The van der Waals surface area contributed by atoms with Crippen molar-refractivity contribution in [1.82, 2.24) is 30.1 Å². The Labute approximate surface area is 219 Å². The molecule has 2 aromatic carbocycles. The van der Waals surface area contributed by atoms with Gasteiger partial charge < -0.3 is 14.2 Å². The van der Waals surface area contributed by atoms with Gasteiger partial charge in [-0.1, -0.05) is 34.1 Å². The maximum Gasteiger partial charge on any atom is 0.413 e. The van der Waals surface area contributed by atoms with Gasteiger partial charge in [0.2, 0.25) is 11.7 Å². The average molecular weight is 564 g/mol. The lowest BCUT2D eigenvalue weighted by molar-refractivity contribution is -0.140. The van der Waals surface area contributed by atoms with Gasteiger partial charge in [-0.2, -0.15) is 5.21 Å². The highest BCUT2D eigenvalue weighted by molar-refractivity contribution is 9.10. The number of piperidine rings is 1. The van der Waals surface area contributed by atoms with Crippen LogP contribution in [0, 0.1) is 5.92 Å². The predicted molar refractivity (Wildman–Crippen MR) is 137 cm³/mol. The molecule has 2 aromatic heterocycles. The van der Waals surface area contributed by atoms with Crippen LogP contribution in [0.3, 0.4) is 0 Å². The van der Waals surface area contributed by atoms with E-state index in [0.29, 0.717) is 39.5 Å². The van der Waals surface area contributed by atoms with Gasteiger partial charge in [0, 0.05) is 50.8 Å². The van der Waals surface area contributed by atoms with Gasteiger partial charge >= 0.3 is 6.09 Å². The number of carbonyl (C=O) groups is 3. The fraction of sp³-hybridized carbons (Fsp3) is 0.280. The lowest BCUT2D eigenvalue weighted by atomic mass is 10.1. The summed E-state index contributed by atoms with van der Waals surface area (Å²) in [5, 5.41) is 17.4. The van der Waals surface area contributed by atoms with E-state index in [1.165, 1.54) is 6.92 Å². The largest absolute Gasteiger partial charge is 0.425 e. The third-order valence-electron chi connectivity index (χ3n) is 6.81. The fourth-order valence-electron chi connectivity index (χ4n) is 5.09. The SMILES string of the molecule is CC(=O)c1cn(CC(=O)N2[C@@H](OC(=O)Nc3cc(Br)cc(-c4nn[nH]n4)c3)C[C@H]3C[C@H]32)c2ccccc12. The molecule has 6 rings (SSSR count). The van der Waals surface area contributed by atoms with Gasteiger partial charge in [-0.15, -0.1) is 10.2 Å². The second kappa shape index (κ2) is 9.11. The first-order valence-electron chi connectivity index (χ1n) is 11.8. The zero-order valence-corrected chi connectivity index (χ0v) is 21.3. The van der Waals surface area contributed by atoms with E-state index in [1.54, 1.807) is 33.9 Å². The van der Waals surface area contributed by atoms with Crippen molar-refractivity contribution >= 4 is 50.3 Å². The molecule has 2 amide bonds. The number of hydrogen-bond donors (Lipinski definition) is 2. The first-order chi connectivity index (χ1) is 17.9. The standard InChI is InChI=1S/C25H22BrN7O4/c1-13(34)19-11-32(20-5-3-2-4-18(19)20)12-22(35)33-21-8-14(21)9-23(33)37-25(36)27-17-7-15(6-16(26)10-17)24-28-30-31-29-24/h2-7,10-11,14,21,23H,8-9,12H2,1H3,(H,27,36)(H,28,29,30,31)/t14-,21-,23+/m1/s1. The molecule has 3 heterocycles. The number of aromatic nitrogens is 5. The molecule has 0 radical (unpaired) electrons. The fourth-order valence-corrected chi connectivity index (χ4v) is 5.59. The number of aromatic amines is 1. The molecular formula is C25H22BrN7O4. The van der Waals surface area contributed by atoms with Gasteiger partial charge in [0.1, 0.15) is 6.54 Å². The van der Waals surface area contributed by atoms with Crippen LogP contribution in [-0.4, -0.2) is 60.1 Å². The lowest BCUT2D eigenvalue weighted by Crippen LogP contribution is -2.43. The predicted octanol–water partition coefficient (Wildman–Crippen LogP) is 3.98. The van der Waals surface area contributed by atoms with Crippen LogP contribution in [0.25, 0.3) is 22.3 Å². The molecule has 2 aliphatic rings. The molecule has 3 atom stereocenters. The lowest BCUT2D eigenvalue weighted by Gasteiger charge is -2.27. The monoisotopic (exact) mass is 563 g/mol. The van der Waals surface area contributed by atoms with Crippen LogP contribution in [0.1, 0.15) is 30.1 Å². The van der Waals surface area contributed by atoms with E-state index in [2.05, 4.69) is 41.9 Å². The first kappa shape index (κ1) is 23.3. The van der Waals surface area contributed by atoms with Crippen molar-refractivity contribution in [1.29, 1.82) is 0 Å². The highest BCUT2D eigenvalue weighted by Crippen LogP contribution is 2.48. The summed E-state index contributed by atoms with van der Waals surface area (Å²) < 4.78 is 8.23. The highest BCUT2D eigenvalue weighted by Gasteiger charge is 2.55. The van der Waals surface area contributed by atoms with Crippen molar-refractivity contribution in [3.8, 4) is 11.4 Å². The number of Topliss-reactive ketones (excluding diaryl/α,β-unsaturated/α-hetero) is 1. The molecule has 0 spiro atoms. The summed E-state index contributed by atoms with van der Waals surface area (Å²) in [5.41, 5.74) is 2.53. The Balaban J connectivity index is 1.17. The van der Waals surface area contributed by atoms with E-state index in [-0.39, 0.29) is 24.3 Å². The number of nitrogens with zero attached hydrogens (tertiary/aromatic N) is 5. The van der Waals surface area contributed by atoms with E-state index in [1.807, 2.05) is 24.3 Å². The number of amides is 2. The van der Waals surface area contributed by atoms with Crippen molar-refractivity contribution in [3.05, 3.63) is 58.7 Å². The quantitative estimate of drug-likeness (QED) is 0.338. The zero-order valence-electron chi connectivity index (χ0n) is 19.7. The summed E-state index contributed by atoms with van der Waals surface area (Å²) in [5.74, 6) is 0.502. The Morgan fingerprint density at radius 1 is 1.19 bits per heavy atom. The van der Waals surface area contributed by atoms with Crippen molar-refractivity contribution in [3.63, 3.8) is 0 Å². The number of H-pyrrole nitrogens is 1. The number of likely N-dealkylation sites (tertiary alicyclic amines) is 1. The van der Waals surface area contributed by atoms with E-state index in [9.17, 15) is 14.4 Å². The zero-order chi connectivity index (χ0) is 25.7. The van der Waals surface area contributed by atoms with Crippen molar-refractivity contribution in [2.45, 2.75) is 38.6 Å². The second-order valence-electron chi connectivity index (χ2n) is 9.29. The molecule has 0 bridgehead atoms. The van der Waals surface area contributed by atoms with Crippen LogP contribution >= 0.6 is 15.9 Å². The van der Waals surface area contributed by atoms with Gasteiger partial charge in [-0.05, 0) is 48.7 Å². The van der Waals surface area contributed by atoms with E-state index in [0.717, 1.165) is 17.3 Å². The summed E-state index contributed by atoms with van der Waals surface area (Å²) >= 11 is 3.42. The molecular weight excluding hydrogens is 542 g/mol. The maximum atomic E-state index is 13.4.